The minimum Gasteiger partial charge on any atom is -0.362 e. The second-order valence-corrected chi connectivity index (χ2v) is 6.91. The first-order valence-electron chi connectivity index (χ1n) is 6.12. The van der Waals surface area contributed by atoms with Crippen LogP contribution in [0.4, 0.5) is 0 Å². The average molecular weight is 320 g/mol. The van der Waals surface area contributed by atoms with E-state index >= 15 is 0 Å². The predicted molar refractivity (Wildman–Crippen MR) is 84.4 cm³/mol. The second-order valence-electron chi connectivity index (χ2n) is 4.35. The van der Waals surface area contributed by atoms with E-state index in [0.717, 1.165) is 16.7 Å². The van der Waals surface area contributed by atoms with Crippen molar-refractivity contribution < 1.29 is 12.6 Å². The predicted octanol–water partition coefficient (Wildman–Crippen LogP) is 2.73. The molecule has 2 aliphatic rings. The van der Waals surface area contributed by atoms with Crippen LogP contribution in [0.15, 0.2) is 65.8 Å². The molecule has 7 heteroatoms. The lowest BCUT2D eigenvalue weighted by Crippen LogP contribution is -2.20. The molecule has 1 aromatic carbocycles. The Morgan fingerprint density at radius 3 is 2.67 bits per heavy atom. The van der Waals surface area contributed by atoms with E-state index in [0.29, 0.717) is 5.17 Å². The lowest BCUT2D eigenvalue weighted by molar-refractivity contribution is 0.344. The first kappa shape index (κ1) is 14.0. The van der Waals surface area contributed by atoms with Gasteiger partial charge in [-0.3, -0.25) is 4.90 Å². The van der Waals surface area contributed by atoms with Crippen molar-refractivity contribution >= 4 is 32.0 Å². The minimum atomic E-state index is -3.63. The zero-order valence-electron chi connectivity index (χ0n) is 11.1. The van der Waals surface area contributed by atoms with E-state index in [-0.39, 0.29) is 5.88 Å². The van der Waals surface area contributed by atoms with Gasteiger partial charge < -0.3 is 4.18 Å². The van der Waals surface area contributed by atoms with Gasteiger partial charge >= 0.3 is 10.1 Å². The van der Waals surface area contributed by atoms with Crippen LogP contribution in [0.25, 0.3) is 4.91 Å². The third-order valence-electron chi connectivity index (χ3n) is 2.70. The lowest BCUT2D eigenvalue weighted by atomic mass is 10.2. The van der Waals surface area contributed by atoms with Crippen LogP contribution in [0.3, 0.4) is 0 Å². The summed E-state index contributed by atoms with van der Waals surface area (Å²) in [6.45, 7) is 0. The van der Waals surface area contributed by atoms with Gasteiger partial charge in [0.1, 0.15) is 0 Å². The zero-order valence-corrected chi connectivity index (χ0v) is 12.8. The molecule has 0 saturated heterocycles. The molecule has 2 heterocycles. The van der Waals surface area contributed by atoms with Crippen molar-refractivity contribution in [3.8, 4) is 0 Å². The summed E-state index contributed by atoms with van der Waals surface area (Å²) in [6.07, 6.45) is 7.96. The van der Waals surface area contributed by atoms with E-state index in [1.54, 1.807) is 29.5 Å². The maximum Gasteiger partial charge on any atom is 0.307 e. The van der Waals surface area contributed by atoms with Gasteiger partial charge in [-0.05, 0) is 29.5 Å². The van der Waals surface area contributed by atoms with Gasteiger partial charge in [-0.2, -0.15) is 8.42 Å². The van der Waals surface area contributed by atoms with Gasteiger partial charge in [0, 0.05) is 12.4 Å². The number of fused-ring (bicyclic) bond motifs is 1. The topological polar surface area (TPSA) is 59.0 Å². The molecule has 5 nitrogen and oxygen atoms in total. The minimum absolute atomic E-state index is 0.257. The van der Waals surface area contributed by atoms with Gasteiger partial charge in [-0.25, -0.2) is 4.99 Å². The number of amidine groups is 1. The van der Waals surface area contributed by atoms with Gasteiger partial charge in [0.25, 0.3) is 0 Å². The quantitative estimate of drug-likeness (QED) is 0.802. The Bertz CT molecular complexity index is 778. The Morgan fingerprint density at radius 2 is 1.95 bits per heavy atom. The average Bonchev–Trinajstić information content (AvgIpc) is 2.62. The monoisotopic (exact) mass is 320 g/mol. The number of allylic oxidation sites excluding steroid dienone is 2. The molecular formula is C14H12N2O3S2. The largest absolute Gasteiger partial charge is 0.362 e. The fourth-order valence-corrected chi connectivity index (χ4v) is 3.41. The Hall–Kier alpha value is -1.99. The molecule has 0 radical (unpaired) electrons. The molecule has 3 rings (SSSR count). The van der Waals surface area contributed by atoms with Gasteiger partial charge in [-0.15, -0.1) is 0 Å². The van der Waals surface area contributed by atoms with Crippen LogP contribution in [0.1, 0.15) is 5.56 Å². The van der Waals surface area contributed by atoms with Crippen LogP contribution in [0, 0.1) is 0 Å². The molecular weight excluding hydrogens is 308 g/mol. The van der Waals surface area contributed by atoms with Crippen LogP contribution < -0.4 is 0 Å². The maximum absolute atomic E-state index is 11.6. The summed E-state index contributed by atoms with van der Waals surface area (Å²) in [6, 6.07) is 9.49. The van der Waals surface area contributed by atoms with Crippen LogP contribution in [0.5, 0.6) is 0 Å². The second kappa shape index (κ2) is 5.42. The number of nitrogens with zero attached hydrogens (tertiary/aromatic N) is 2. The normalized spacial score (nSPS) is 17.6. The molecule has 0 aromatic heterocycles. The smallest absolute Gasteiger partial charge is 0.307 e. The Kier molecular flexibility index (Phi) is 3.60. The Balaban J connectivity index is 2.11. The zero-order chi connectivity index (χ0) is 14.9. The molecule has 0 fully saturated rings. The summed E-state index contributed by atoms with van der Waals surface area (Å²) in [7, 11) is -3.63. The first-order chi connectivity index (χ1) is 10.0. The van der Waals surface area contributed by atoms with Crippen molar-refractivity contribution in [2.45, 2.75) is 0 Å². The summed E-state index contributed by atoms with van der Waals surface area (Å²) in [5.74, 6) is 0.257. The number of hydrogen-bond donors (Lipinski definition) is 0. The van der Waals surface area contributed by atoms with Crippen molar-refractivity contribution in [3.63, 3.8) is 0 Å². The molecule has 0 bridgehead atoms. The highest BCUT2D eigenvalue weighted by molar-refractivity contribution is 8.22. The van der Waals surface area contributed by atoms with Crippen LogP contribution in [-0.4, -0.2) is 24.7 Å². The third kappa shape index (κ3) is 3.03. The van der Waals surface area contributed by atoms with Crippen molar-refractivity contribution in [2.24, 2.45) is 4.99 Å². The first-order valence-corrected chi connectivity index (χ1v) is 8.75. The van der Waals surface area contributed by atoms with Gasteiger partial charge in [0.05, 0.1) is 11.2 Å². The van der Waals surface area contributed by atoms with E-state index < -0.39 is 10.1 Å². The molecule has 0 atom stereocenters. The van der Waals surface area contributed by atoms with E-state index in [4.69, 9.17) is 4.18 Å². The SMILES string of the molecule is CS(=O)(=O)OC1=C(c2ccccc2)SC2=NC=CC=CN21. The van der Waals surface area contributed by atoms with E-state index in [1.807, 2.05) is 30.3 Å². The lowest BCUT2D eigenvalue weighted by Gasteiger charge is -2.15. The summed E-state index contributed by atoms with van der Waals surface area (Å²) in [5, 5.41) is 0.650. The van der Waals surface area contributed by atoms with Crippen molar-refractivity contribution in [2.75, 3.05) is 6.26 Å². The number of benzene rings is 1. The molecule has 0 saturated carbocycles. The molecule has 108 valence electrons. The van der Waals surface area contributed by atoms with Crippen LogP contribution >= 0.6 is 11.8 Å². The summed E-state index contributed by atoms with van der Waals surface area (Å²) >= 11 is 1.37. The van der Waals surface area contributed by atoms with Gasteiger partial charge in [-0.1, -0.05) is 30.3 Å². The fraction of sp³-hybridized carbons (Fsp3) is 0.0714. The van der Waals surface area contributed by atoms with Gasteiger partial charge in [0.2, 0.25) is 5.88 Å². The molecule has 0 N–H and O–H groups in total. The molecule has 0 amide bonds. The summed E-state index contributed by atoms with van der Waals surface area (Å²) < 4.78 is 28.3. The molecule has 21 heavy (non-hydrogen) atoms. The summed E-state index contributed by atoms with van der Waals surface area (Å²) in [4.78, 5) is 6.64. The molecule has 2 aliphatic heterocycles. The maximum atomic E-state index is 11.6. The Labute approximate surface area is 127 Å². The third-order valence-corrected chi connectivity index (χ3v) is 4.26. The van der Waals surface area contributed by atoms with Gasteiger partial charge in [0.15, 0.2) is 5.17 Å². The standard InChI is InChI=1S/C14H12N2O3S2/c1-21(17,18)19-13-12(11-7-3-2-4-8-11)20-14-15-9-5-6-10-16(13)14/h2-10H,1H3. The molecule has 0 spiro atoms. The molecule has 1 aromatic rings. The van der Waals surface area contributed by atoms with E-state index in [2.05, 4.69) is 4.99 Å². The highest BCUT2D eigenvalue weighted by Gasteiger charge is 2.33. The molecule has 0 aliphatic carbocycles. The van der Waals surface area contributed by atoms with Crippen LogP contribution in [0.2, 0.25) is 0 Å². The van der Waals surface area contributed by atoms with Crippen molar-refractivity contribution in [3.05, 3.63) is 66.3 Å². The number of hydrogen-bond acceptors (Lipinski definition) is 6. The number of aliphatic imine (C=N–C) groups is 1. The fourth-order valence-electron chi connectivity index (χ4n) is 1.89. The van der Waals surface area contributed by atoms with E-state index in [9.17, 15) is 8.42 Å². The highest BCUT2D eigenvalue weighted by Crippen LogP contribution is 2.42. The highest BCUT2D eigenvalue weighted by atomic mass is 32.2. The summed E-state index contributed by atoms with van der Waals surface area (Å²) in [5.41, 5.74) is 0.884. The Morgan fingerprint density at radius 1 is 1.19 bits per heavy atom. The number of rotatable bonds is 3. The van der Waals surface area contributed by atoms with Crippen molar-refractivity contribution in [1.82, 2.24) is 4.90 Å². The van der Waals surface area contributed by atoms with Crippen molar-refractivity contribution in [1.29, 1.82) is 0 Å². The van der Waals surface area contributed by atoms with Crippen LogP contribution in [-0.2, 0) is 14.3 Å². The molecule has 0 unspecified atom stereocenters. The van der Waals surface area contributed by atoms with E-state index in [1.165, 1.54) is 11.8 Å². The number of thioether (sulfide) groups is 1.